The van der Waals surface area contributed by atoms with Crippen molar-refractivity contribution in [2.75, 3.05) is 33.1 Å². The number of rotatable bonds is 7. The van der Waals surface area contributed by atoms with E-state index in [2.05, 4.69) is 20.6 Å². The van der Waals surface area contributed by atoms with Gasteiger partial charge in [0.25, 0.3) is 0 Å². The molecule has 1 amide bonds. The van der Waals surface area contributed by atoms with Crippen molar-refractivity contribution in [2.24, 2.45) is 4.99 Å². The molecule has 2 rings (SSSR count). The molecular formula is C24H37IN6O2. The van der Waals surface area contributed by atoms with Gasteiger partial charge in [-0.25, -0.2) is 9.78 Å². The minimum atomic E-state index is -0.501. The number of nitrogens with one attached hydrogen (secondary N) is 2. The third kappa shape index (κ3) is 10.3. The van der Waals surface area contributed by atoms with Crippen LogP contribution in [0.15, 0.2) is 47.6 Å². The van der Waals surface area contributed by atoms with E-state index in [1.807, 2.05) is 82.4 Å². The van der Waals surface area contributed by atoms with Gasteiger partial charge in [0.1, 0.15) is 11.4 Å². The molecule has 0 aliphatic rings. The highest BCUT2D eigenvalue weighted by Gasteiger charge is 2.19. The number of hydrogen-bond acceptors (Lipinski definition) is 5. The summed E-state index contributed by atoms with van der Waals surface area (Å²) in [5.41, 5.74) is 2.79. The van der Waals surface area contributed by atoms with Crippen molar-refractivity contribution in [1.82, 2.24) is 20.5 Å². The lowest BCUT2D eigenvalue weighted by Gasteiger charge is -2.24. The summed E-state index contributed by atoms with van der Waals surface area (Å²) >= 11 is 0. The summed E-state index contributed by atoms with van der Waals surface area (Å²) < 4.78 is 5.40. The van der Waals surface area contributed by atoms with Gasteiger partial charge < -0.3 is 25.2 Å². The van der Waals surface area contributed by atoms with Gasteiger partial charge in [-0.05, 0) is 49.6 Å². The van der Waals surface area contributed by atoms with Gasteiger partial charge in [0.2, 0.25) is 0 Å². The summed E-state index contributed by atoms with van der Waals surface area (Å²) in [7, 11) is 7.44. The van der Waals surface area contributed by atoms with E-state index in [4.69, 9.17) is 4.74 Å². The number of carbonyl (C=O) groups excluding carboxylic acids is 1. The number of benzene rings is 1. The minimum Gasteiger partial charge on any atom is -0.444 e. The van der Waals surface area contributed by atoms with Crippen LogP contribution in [0.3, 0.4) is 0 Å². The number of nitrogens with zero attached hydrogens (tertiary/aromatic N) is 4. The van der Waals surface area contributed by atoms with Gasteiger partial charge >= 0.3 is 6.09 Å². The molecule has 182 valence electrons. The maximum atomic E-state index is 12.1. The van der Waals surface area contributed by atoms with E-state index in [1.54, 1.807) is 19.0 Å². The first-order valence-corrected chi connectivity index (χ1v) is 10.7. The van der Waals surface area contributed by atoms with Crippen LogP contribution in [0.5, 0.6) is 0 Å². The van der Waals surface area contributed by atoms with Gasteiger partial charge in [-0.3, -0.25) is 4.99 Å². The molecule has 0 spiro atoms. The first-order chi connectivity index (χ1) is 15.1. The quantitative estimate of drug-likeness (QED) is 0.299. The molecule has 1 aromatic heterocycles. The van der Waals surface area contributed by atoms with Crippen LogP contribution in [-0.4, -0.2) is 55.7 Å². The van der Waals surface area contributed by atoms with E-state index in [1.165, 1.54) is 0 Å². The molecule has 33 heavy (non-hydrogen) atoms. The number of amides is 1. The zero-order valence-corrected chi connectivity index (χ0v) is 23.0. The summed E-state index contributed by atoms with van der Waals surface area (Å²) in [6.45, 7) is 7.37. The van der Waals surface area contributed by atoms with Crippen molar-refractivity contribution in [3.8, 4) is 0 Å². The zero-order chi connectivity index (χ0) is 23.7. The fourth-order valence-electron chi connectivity index (χ4n) is 2.85. The van der Waals surface area contributed by atoms with E-state index in [0.29, 0.717) is 19.6 Å². The Labute approximate surface area is 214 Å². The maximum Gasteiger partial charge on any atom is 0.410 e. The van der Waals surface area contributed by atoms with Gasteiger partial charge in [-0.2, -0.15) is 0 Å². The largest absolute Gasteiger partial charge is 0.444 e. The van der Waals surface area contributed by atoms with Crippen LogP contribution in [0, 0.1) is 0 Å². The molecule has 8 nitrogen and oxygen atoms in total. The zero-order valence-electron chi connectivity index (χ0n) is 20.7. The summed E-state index contributed by atoms with van der Waals surface area (Å²) in [6, 6.07) is 12.2. The van der Waals surface area contributed by atoms with Crippen LogP contribution < -0.4 is 15.5 Å². The number of aromatic nitrogens is 1. The minimum absolute atomic E-state index is 0. The molecule has 0 aliphatic heterocycles. The van der Waals surface area contributed by atoms with Crippen molar-refractivity contribution in [3.05, 3.63) is 59.3 Å². The number of pyridine rings is 1. The predicted molar refractivity (Wildman–Crippen MR) is 145 cm³/mol. The van der Waals surface area contributed by atoms with Gasteiger partial charge in [-0.1, -0.05) is 24.3 Å². The molecule has 1 heterocycles. The second kappa shape index (κ2) is 13.2. The number of halogens is 1. The average Bonchev–Trinajstić information content (AvgIpc) is 2.74. The van der Waals surface area contributed by atoms with E-state index < -0.39 is 5.60 Å². The smallest absolute Gasteiger partial charge is 0.410 e. The number of hydrogen-bond donors (Lipinski definition) is 2. The number of aliphatic imine (C=N–C) groups is 1. The van der Waals surface area contributed by atoms with Gasteiger partial charge in [0.15, 0.2) is 5.96 Å². The Morgan fingerprint density at radius 1 is 1.00 bits per heavy atom. The molecule has 0 unspecified atom stereocenters. The van der Waals surface area contributed by atoms with E-state index in [-0.39, 0.29) is 30.1 Å². The molecule has 0 fully saturated rings. The van der Waals surface area contributed by atoms with Crippen molar-refractivity contribution < 1.29 is 9.53 Å². The van der Waals surface area contributed by atoms with Crippen molar-refractivity contribution in [2.45, 2.75) is 46.0 Å². The highest BCUT2D eigenvalue weighted by molar-refractivity contribution is 14.0. The lowest BCUT2D eigenvalue weighted by molar-refractivity contribution is 0.0285. The predicted octanol–water partition coefficient (Wildman–Crippen LogP) is 4.00. The monoisotopic (exact) mass is 568 g/mol. The number of guanidine groups is 1. The Hall–Kier alpha value is -2.56. The Kier molecular flexibility index (Phi) is 11.4. The van der Waals surface area contributed by atoms with Crippen LogP contribution in [0.4, 0.5) is 10.6 Å². The molecule has 1 aromatic carbocycles. The van der Waals surface area contributed by atoms with Crippen molar-refractivity contribution in [1.29, 1.82) is 0 Å². The van der Waals surface area contributed by atoms with Gasteiger partial charge in [0, 0.05) is 54.0 Å². The SMILES string of the molecule is CN=C(NCc1ccc(CN(C)C(=O)OC(C)(C)C)cc1)NCc1ccnc(N(C)C)c1.I. The first kappa shape index (κ1) is 28.5. The van der Waals surface area contributed by atoms with Crippen LogP contribution in [0.1, 0.15) is 37.5 Å². The highest BCUT2D eigenvalue weighted by Crippen LogP contribution is 2.12. The van der Waals surface area contributed by atoms with E-state index in [9.17, 15) is 4.79 Å². The highest BCUT2D eigenvalue weighted by atomic mass is 127. The Morgan fingerprint density at radius 2 is 1.58 bits per heavy atom. The number of carbonyl (C=O) groups is 1. The molecule has 2 aromatic rings. The third-order valence-electron chi connectivity index (χ3n) is 4.56. The Balaban J connectivity index is 0.00000544. The molecule has 0 atom stereocenters. The van der Waals surface area contributed by atoms with Crippen LogP contribution in [0.25, 0.3) is 0 Å². The fourth-order valence-corrected chi connectivity index (χ4v) is 2.85. The summed E-state index contributed by atoms with van der Waals surface area (Å²) in [5.74, 6) is 1.65. The molecule has 0 aliphatic carbocycles. The summed E-state index contributed by atoms with van der Waals surface area (Å²) in [4.78, 5) is 24.3. The van der Waals surface area contributed by atoms with E-state index >= 15 is 0 Å². The maximum absolute atomic E-state index is 12.1. The molecule has 2 N–H and O–H groups in total. The normalized spacial score (nSPS) is 11.3. The Bertz CT molecular complexity index is 910. The van der Waals surface area contributed by atoms with Crippen molar-refractivity contribution in [3.63, 3.8) is 0 Å². The topological polar surface area (TPSA) is 82.1 Å². The lowest BCUT2D eigenvalue weighted by atomic mass is 10.1. The molecular weight excluding hydrogens is 531 g/mol. The summed E-state index contributed by atoms with van der Waals surface area (Å²) in [5, 5.41) is 6.65. The molecule has 0 saturated heterocycles. The number of anilines is 1. The van der Waals surface area contributed by atoms with E-state index in [0.717, 1.165) is 28.5 Å². The van der Waals surface area contributed by atoms with Gasteiger partial charge in [-0.15, -0.1) is 24.0 Å². The first-order valence-electron chi connectivity index (χ1n) is 10.7. The average molecular weight is 569 g/mol. The summed E-state index contributed by atoms with van der Waals surface area (Å²) in [6.07, 6.45) is 1.48. The molecule has 0 bridgehead atoms. The van der Waals surface area contributed by atoms with Gasteiger partial charge in [0.05, 0.1) is 0 Å². The third-order valence-corrected chi connectivity index (χ3v) is 4.56. The second-order valence-corrected chi connectivity index (χ2v) is 8.85. The van der Waals surface area contributed by atoms with Crippen LogP contribution >= 0.6 is 24.0 Å². The number of ether oxygens (including phenoxy) is 1. The Morgan fingerprint density at radius 3 is 2.12 bits per heavy atom. The van der Waals surface area contributed by atoms with Crippen LogP contribution in [0.2, 0.25) is 0 Å². The second-order valence-electron chi connectivity index (χ2n) is 8.85. The molecule has 9 heteroatoms. The van der Waals surface area contributed by atoms with Crippen molar-refractivity contribution >= 4 is 41.8 Å². The fraction of sp³-hybridized carbons (Fsp3) is 0.458. The lowest BCUT2D eigenvalue weighted by Crippen LogP contribution is -2.36. The molecule has 0 radical (unpaired) electrons. The standard InChI is InChI=1S/C24H36N6O2.HI/c1-24(2,3)32-23(31)30(7)17-19-10-8-18(9-11-19)15-27-22(25-4)28-16-20-12-13-26-21(14-20)29(5)6;/h8-14H,15-17H2,1-7H3,(H2,25,27,28);1H. The van der Waals surface area contributed by atoms with Crippen LogP contribution in [-0.2, 0) is 24.4 Å². The molecule has 0 saturated carbocycles.